The molecule has 0 unspecified atom stereocenters. The van der Waals surface area contributed by atoms with E-state index < -0.39 is 0 Å². The zero-order valence-electron chi connectivity index (χ0n) is 18.8. The van der Waals surface area contributed by atoms with Crippen molar-refractivity contribution in [3.05, 3.63) is 66.4 Å². The number of nitrogens with zero attached hydrogens (tertiary/aromatic N) is 3. The molecule has 0 saturated carbocycles. The molecular formula is C24H23N7O3. The van der Waals surface area contributed by atoms with Crippen LogP contribution in [0.3, 0.4) is 0 Å². The number of aromatic amines is 1. The van der Waals surface area contributed by atoms with E-state index in [1.807, 2.05) is 31.2 Å². The van der Waals surface area contributed by atoms with Gasteiger partial charge in [-0.1, -0.05) is 12.1 Å². The van der Waals surface area contributed by atoms with Gasteiger partial charge in [0.15, 0.2) is 5.82 Å². The molecule has 172 valence electrons. The lowest BCUT2D eigenvalue weighted by atomic mass is 10.1. The smallest absolute Gasteiger partial charge is 0.324 e. The number of hydrogen-bond donors (Lipinski definition) is 4. The Bertz CT molecular complexity index is 1330. The number of benzene rings is 2. The van der Waals surface area contributed by atoms with Gasteiger partial charge in [0, 0.05) is 48.6 Å². The molecule has 4 N–H and O–H groups in total. The summed E-state index contributed by atoms with van der Waals surface area (Å²) in [4.78, 5) is 31.7. The molecule has 0 radical (unpaired) electrons. The van der Waals surface area contributed by atoms with Crippen LogP contribution in [0.5, 0.6) is 11.8 Å². The molecule has 0 atom stereocenters. The summed E-state index contributed by atoms with van der Waals surface area (Å²) in [5, 5.41) is 15.7. The fraction of sp³-hybridized carbons (Fsp3) is 0.125. The van der Waals surface area contributed by atoms with Gasteiger partial charge in [0.25, 0.3) is 0 Å². The number of anilines is 4. The lowest BCUT2D eigenvalue weighted by Gasteiger charge is -2.11. The molecule has 0 bridgehead atoms. The Labute approximate surface area is 195 Å². The summed E-state index contributed by atoms with van der Waals surface area (Å²) in [5.41, 5.74) is 3.55. The van der Waals surface area contributed by atoms with E-state index in [9.17, 15) is 9.59 Å². The Morgan fingerprint density at radius 2 is 1.59 bits per heavy atom. The molecule has 0 aliphatic heterocycles. The Kier molecular flexibility index (Phi) is 6.49. The summed E-state index contributed by atoms with van der Waals surface area (Å²) >= 11 is 0. The van der Waals surface area contributed by atoms with Crippen molar-refractivity contribution in [3.8, 4) is 23.0 Å². The van der Waals surface area contributed by atoms with Gasteiger partial charge in [-0.25, -0.2) is 0 Å². The van der Waals surface area contributed by atoms with Gasteiger partial charge in [0.05, 0.1) is 5.69 Å². The van der Waals surface area contributed by atoms with E-state index in [-0.39, 0.29) is 17.8 Å². The maximum absolute atomic E-state index is 11.5. The first-order chi connectivity index (χ1) is 16.3. The van der Waals surface area contributed by atoms with Gasteiger partial charge in [-0.15, -0.1) is 0 Å². The molecule has 4 rings (SSSR count). The molecule has 0 fully saturated rings. The van der Waals surface area contributed by atoms with Crippen molar-refractivity contribution in [1.29, 1.82) is 0 Å². The van der Waals surface area contributed by atoms with Crippen molar-refractivity contribution >= 4 is 34.8 Å². The van der Waals surface area contributed by atoms with Gasteiger partial charge in [-0.2, -0.15) is 15.1 Å². The summed E-state index contributed by atoms with van der Waals surface area (Å²) in [7, 11) is 0. The standard InChI is InChI=1S/C24H23N7O3/c1-14-11-23(31-30-14)28-22-13-21(17-5-4-6-19(12-17)26-16(3)33)27-24(29-22)34-20-9-7-18(8-10-20)25-15(2)32/h4-13H,1-3H3,(H,25,32)(H,26,33)(H2,27,28,29,30,31). The van der Waals surface area contributed by atoms with Crippen LogP contribution >= 0.6 is 0 Å². The number of aromatic nitrogens is 4. The number of amides is 2. The van der Waals surface area contributed by atoms with Crippen LogP contribution in [0.2, 0.25) is 0 Å². The molecule has 10 heteroatoms. The van der Waals surface area contributed by atoms with Crippen LogP contribution in [0.1, 0.15) is 19.5 Å². The number of ether oxygens (including phenoxy) is 1. The van der Waals surface area contributed by atoms with Crippen molar-refractivity contribution < 1.29 is 14.3 Å². The van der Waals surface area contributed by atoms with Crippen molar-refractivity contribution in [3.63, 3.8) is 0 Å². The molecule has 0 aliphatic carbocycles. The van der Waals surface area contributed by atoms with Crippen molar-refractivity contribution in [2.45, 2.75) is 20.8 Å². The van der Waals surface area contributed by atoms with E-state index in [0.29, 0.717) is 34.5 Å². The number of aryl methyl sites for hydroxylation is 1. The highest BCUT2D eigenvalue weighted by atomic mass is 16.5. The predicted octanol–water partition coefficient (Wildman–Crippen LogP) is 4.63. The van der Waals surface area contributed by atoms with Crippen LogP contribution in [0.25, 0.3) is 11.3 Å². The lowest BCUT2D eigenvalue weighted by Crippen LogP contribution is -2.06. The van der Waals surface area contributed by atoms with Crippen molar-refractivity contribution in [1.82, 2.24) is 20.2 Å². The van der Waals surface area contributed by atoms with Crippen LogP contribution in [0.15, 0.2) is 60.7 Å². The molecular weight excluding hydrogens is 434 g/mol. The van der Waals surface area contributed by atoms with E-state index in [0.717, 1.165) is 11.3 Å². The second-order valence-electron chi connectivity index (χ2n) is 7.55. The van der Waals surface area contributed by atoms with Gasteiger partial charge in [-0.05, 0) is 43.3 Å². The number of hydrogen-bond acceptors (Lipinski definition) is 7. The molecule has 2 aromatic heterocycles. The van der Waals surface area contributed by atoms with Crippen molar-refractivity contribution in [2.24, 2.45) is 0 Å². The van der Waals surface area contributed by atoms with E-state index in [1.54, 1.807) is 36.4 Å². The maximum atomic E-state index is 11.5. The van der Waals surface area contributed by atoms with Gasteiger partial charge in [0.1, 0.15) is 11.6 Å². The highest BCUT2D eigenvalue weighted by Crippen LogP contribution is 2.28. The minimum absolute atomic E-state index is 0.115. The average Bonchev–Trinajstić information content (AvgIpc) is 3.19. The van der Waals surface area contributed by atoms with E-state index in [4.69, 9.17) is 4.74 Å². The summed E-state index contributed by atoms with van der Waals surface area (Å²) in [6.07, 6.45) is 0. The first-order valence-electron chi connectivity index (χ1n) is 10.5. The van der Waals surface area contributed by atoms with Crippen molar-refractivity contribution in [2.75, 3.05) is 16.0 Å². The number of H-pyrrole nitrogens is 1. The van der Waals surface area contributed by atoms with E-state index in [1.165, 1.54) is 13.8 Å². The molecule has 10 nitrogen and oxygen atoms in total. The van der Waals surface area contributed by atoms with Crippen LogP contribution in [-0.2, 0) is 9.59 Å². The van der Waals surface area contributed by atoms with Crippen LogP contribution in [0, 0.1) is 6.92 Å². The molecule has 0 saturated heterocycles. The summed E-state index contributed by atoms with van der Waals surface area (Å²) in [5.74, 6) is 1.25. The summed E-state index contributed by atoms with van der Waals surface area (Å²) in [6, 6.07) is 17.9. The second kappa shape index (κ2) is 9.82. The monoisotopic (exact) mass is 457 g/mol. The van der Waals surface area contributed by atoms with Crippen LogP contribution in [0.4, 0.5) is 23.0 Å². The fourth-order valence-corrected chi connectivity index (χ4v) is 3.17. The van der Waals surface area contributed by atoms with Gasteiger partial charge in [-0.3, -0.25) is 14.7 Å². The first-order valence-corrected chi connectivity index (χ1v) is 10.5. The van der Waals surface area contributed by atoms with Gasteiger partial charge >= 0.3 is 6.01 Å². The third kappa shape index (κ3) is 5.94. The Morgan fingerprint density at radius 1 is 0.853 bits per heavy atom. The number of nitrogens with one attached hydrogen (secondary N) is 4. The fourth-order valence-electron chi connectivity index (χ4n) is 3.17. The van der Waals surface area contributed by atoms with E-state index in [2.05, 4.69) is 36.1 Å². The largest absolute Gasteiger partial charge is 0.424 e. The van der Waals surface area contributed by atoms with Crippen LogP contribution < -0.4 is 20.7 Å². The second-order valence-corrected chi connectivity index (χ2v) is 7.55. The SMILES string of the molecule is CC(=O)Nc1ccc(Oc2nc(Nc3cc(C)[nH]n3)cc(-c3cccc(NC(C)=O)c3)n2)cc1. The quantitative estimate of drug-likeness (QED) is 0.318. The highest BCUT2D eigenvalue weighted by Gasteiger charge is 2.11. The Balaban J connectivity index is 1.67. The number of rotatable bonds is 7. The zero-order chi connectivity index (χ0) is 24.1. The highest BCUT2D eigenvalue weighted by molar-refractivity contribution is 5.89. The van der Waals surface area contributed by atoms with Crippen LogP contribution in [-0.4, -0.2) is 32.0 Å². The normalized spacial score (nSPS) is 10.4. The lowest BCUT2D eigenvalue weighted by molar-refractivity contribution is -0.115. The topological polar surface area (TPSA) is 134 Å². The minimum Gasteiger partial charge on any atom is -0.424 e. The molecule has 0 spiro atoms. The Hall–Kier alpha value is -4.73. The summed E-state index contributed by atoms with van der Waals surface area (Å²) in [6.45, 7) is 4.80. The van der Waals surface area contributed by atoms with Gasteiger partial charge in [0.2, 0.25) is 11.8 Å². The number of carbonyl (C=O) groups excluding carboxylic acids is 2. The molecule has 34 heavy (non-hydrogen) atoms. The van der Waals surface area contributed by atoms with Gasteiger partial charge < -0.3 is 20.7 Å². The van der Waals surface area contributed by atoms with E-state index >= 15 is 0 Å². The molecule has 2 aromatic carbocycles. The average molecular weight is 457 g/mol. The first kappa shape index (κ1) is 22.5. The summed E-state index contributed by atoms with van der Waals surface area (Å²) < 4.78 is 5.91. The molecule has 2 heterocycles. The predicted molar refractivity (Wildman–Crippen MR) is 129 cm³/mol. The maximum Gasteiger partial charge on any atom is 0.324 e. The number of carbonyl (C=O) groups is 2. The Morgan fingerprint density at radius 3 is 2.26 bits per heavy atom. The third-order valence-corrected chi connectivity index (χ3v) is 4.53. The molecule has 4 aromatic rings. The minimum atomic E-state index is -0.164. The molecule has 2 amide bonds. The zero-order valence-corrected chi connectivity index (χ0v) is 18.8. The third-order valence-electron chi connectivity index (χ3n) is 4.53. The molecule has 0 aliphatic rings.